The Bertz CT molecular complexity index is 1110. The highest BCUT2D eigenvalue weighted by Gasteiger charge is 2.27. The first kappa shape index (κ1) is 23.6. The monoisotopic (exact) mass is 461 g/mol. The van der Waals surface area contributed by atoms with Gasteiger partial charge in [0.1, 0.15) is 28.6 Å². The third kappa shape index (κ3) is 5.79. The maximum atomic E-state index is 12.9. The van der Waals surface area contributed by atoms with Crippen LogP contribution in [0.2, 0.25) is 0 Å². The van der Waals surface area contributed by atoms with E-state index in [4.69, 9.17) is 9.84 Å². The molecule has 172 valence electrons. The highest BCUT2D eigenvalue weighted by atomic mass is 32.2. The van der Waals surface area contributed by atoms with Crippen LogP contribution in [0.25, 0.3) is 0 Å². The Hall–Kier alpha value is -3.07. The molecule has 0 radical (unpaired) electrons. The molecule has 3 N–H and O–H groups in total. The summed E-state index contributed by atoms with van der Waals surface area (Å²) >= 11 is 0. The molecule has 2 aromatic carbocycles. The molecular formula is C23H27NO7S. The maximum absolute atomic E-state index is 12.9. The van der Waals surface area contributed by atoms with E-state index in [1.165, 1.54) is 18.2 Å². The number of carboxylic acids is 1. The van der Waals surface area contributed by atoms with E-state index in [-0.39, 0.29) is 28.1 Å². The number of carbonyl (C=O) groups is 2. The number of aliphatic carboxylic acids is 1. The molecule has 0 saturated heterocycles. The number of phenolic OH excluding ortho intramolecular Hbond substituents is 1. The second-order valence-corrected chi connectivity index (χ2v) is 10.2. The molecule has 0 spiro atoms. The second-order valence-electron chi connectivity index (χ2n) is 8.22. The van der Waals surface area contributed by atoms with Gasteiger partial charge in [-0.15, -0.1) is 0 Å². The van der Waals surface area contributed by atoms with Crippen molar-refractivity contribution in [2.24, 2.45) is 5.92 Å². The molecule has 0 heterocycles. The molecule has 0 aromatic heterocycles. The molecule has 2 aromatic rings. The summed E-state index contributed by atoms with van der Waals surface area (Å²) in [5.74, 6) is -1.31. The van der Waals surface area contributed by atoms with Crippen molar-refractivity contribution in [2.75, 3.05) is 11.1 Å². The first-order valence-electron chi connectivity index (χ1n) is 10.4. The van der Waals surface area contributed by atoms with Crippen molar-refractivity contribution in [1.29, 1.82) is 0 Å². The molecule has 1 aliphatic rings. The van der Waals surface area contributed by atoms with Crippen LogP contribution in [0.5, 0.6) is 17.2 Å². The summed E-state index contributed by atoms with van der Waals surface area (Å²) in [7, 11) is -3.67. The van der Waals surface area contributed by atoms with Gasteiger partial charge in [0.25, 0.3) is 0 Å². The van der Waals surface area contributed by atoms with Gasteiger partial charge in [0.05, 0.1) is 5.75 Å². The van der Waals surface area contributed by atoms with Gasteiger partial charge in [-0.05, 0) is 68.0 Å². The number of ether oxygens (including phenoxy) is 1. The van der Waals surface area contributed by atoms with Gasteiger partial charge in [0, 0.05) is 11.8 Å². The highest BCUT2D eigenvalue weighted by Crippen LogP contribution is 2.36. The minimum Gasteiger partial charge on any atom is -0.507 e. The Balaban J connectivity index is 1.82. The SMILES string of the molecule is Cc1cc(NC(=O)CC(=O)O)cc(C)c1Oc1ccc(O)c(S(=O)(=O)CC2CCCC2)c1. The van der Waals surface area contributed by atoms with Crippen molar-refractivity contribution in [1.82, 2.24) is 0 Å². The molecular weight excluding hydrogens is 434 g/mol. The van der Waals surface area contributed by atoms with Crippen LogP contribution in [0.3, 0.4) is 0 Å². The second kappa shape index (κ2) is 9.60. The van der Waals surface area contributed by atoms with Crippen molar-refractivity contribution in [2.45, 2.75) is 50.8 Å². The van der Waals surface area contributed by atoms with Crippen LogP contribution < -0.4 is 10.1 Å². The maximum Gasteiger partial charge on any atom is 0.312 e. The minimum atomic E-state index is -3.67. The fourth-order valence-corrected chi connectivity index (χ4v) is 5.84. The largest absolute Gasteiger partial charge is 0.507 e. The number of nitrogens with one attached hydrogen (secondary N) is 1. The van der Waals surface area contributed by atoms with E-state index in [1.807, 2.05) is 0 Å². The fourth-order valence-electron chi connectivity index (χ4n) is 4.03. The zero-order valence-electron chi connectivity index (χ0n) is 18.1. The Labute approximate surface area is 187 Å². The van der Waals surface area contributed by atoms with E-state index < -0.39 is 28.1 Å². The quantitative estimate of drug-likeness (QED) is 0.503. The van der Waals surface area contributed by atoms with Gasteiger partial charge in [-0.3, -0.25) is 9.59 Å². The van der Waals surface area contributed by atoms with E-state index >= 15 is 0 Å². The molecule has 1 saturated carbocycles. The molecule has 1 aliphatic carbocycles. The molecule has 3 rings (SSSR count). The first-order chi connectivity index (χ1) is 15.0. The molecule has 9 heteroatoms. The van der Waals surface area contributed by atoms with Crippen molar-refractivity contribution in [3.63, 3.8) is 0 Å². The number of sulfone groups is 1. The van der Waals surface area contributed by atoms with Crippen LogP contribution in [0.1, 0.15) is 43.2 Å². The lowest BCUT2D eigenvalue weighted by Crippen LogP contribution is -2.16. The van der Waals surface area contributed by atoms with Crippen LogP contribution in [0, 0.1) is 19.8 Å². The topological polar surface area (TPSA) is 130 Å². The number of carbonyl (C=O) groups excluding carboxylic acids is 1. The number of aromatic hydroxyl groups is 1. The number of rotatable bonds is 8. The van der Waals surface area contributed by atoms with Gasteiger partial charge < -0.3 is 20.3 Å². The van der Waals surface area contributed by atoms with Gasteiger partial charge in [-0.2, -0.15) is 0 Å². The summed E-state index contributed by atoms with van der Waals surface area (Å²) in [6.07, 6.45) is 3.18. The summed E-state index contributed by atoms with van der Waals surface area (Å²) < 4.78 is 31.7. The lowest BCUT2D eigenvalue weighted by Gasteiger charge is -2.16. The summed E-state index contributed by atoms with van der Waals surface area (Å²) in [4.78, 5) is 22.2. The summed E-state index contributed by atoms with van der Waals surface area (Å²) in [5, 5.41) is 21.4. The zero-order valence-corrected chi connectivity index (χ0v) is 18.9. The smallest absolute Gasteiger partial charge is 0.312 e. The first-order valence-corrected chi connectivity index (χ1v) is 12.1. The molecule has 0 bridgehead atoms. The van der Waals surface area contributed by atoms with Crippen molar-refractivity contribution in [3.8, 4) is 17.2 Å². The van der Waals surface area contributed by atoms with E-state index in [2.05, 4.69) is 5.32 Å². The molecule has 0 atom stereocenters. The fraction of sp³-hybridized carbons (Fsp3) is 0.391. The van der Waals surface area contributed by atoms with Crippen LogP contribution >= 0.6 is 0 Å². The third-order valence-electron chi connectivity index (χ3n) is 5.47. The predicted octanol–water partition coefficient (Wildman–Crippen LogP) is 4.18. The van der Waals surface area contributed by atoms with Crippen LogP contribution in [0.4, 0.5) is 5.69 Å². The van der Waals surface area contributed by atoms with Gasteiger partial charge in [0.2, 0.25) is 5.91 Å². The molecule has 1 amide bonds. The Morgan fingerprint density at radius 3 is 2.31 bits per heavy atom. The standard InChI is InChI=1S/C23H27NO7S/c1-14-9-17(24-21(26)12-22(27)28)10-15(2)23(14)31-18-7-8-19(25)20(11-18)32(29,30)13-16-5-3-4-6-16/h7-11,16,25H,3-6,12-13H2,1-2H3,(H,24,26)(H,27,28). The van der Waals surface area contributed by atoms with Crippen molar-refractivity contribution < 1.29 is 33.0 Å². The van der Waals surface area contributed by atoms with Crippen LogP contribution in [-0.4, -0.2) is 36.3 Å². The number of hydrogen-bond donors (Lipinski definition) is 3. The third-order valence-corrected chi connectivity index (χ3v) is 7.38. The van der Waals surface area contributed by atoms with Gasteiger partial charge in [0.15, 0.2) is 9.84 Å². The van der Waals surface area contributed by atoms with Gasteiger partial charge >= 0.3 is 5.97 Å². The highest BCUT2D eigenvalue weighted by molar-refractivity contribution is 7.91. The average molecular weight is 462 g/mol. The predicted molar refractivity (Wildman–Crippen MR) is 119 cm³/mol. The Kier molecular flexibility index (Phi) is 7.08. The number of carboxylic acid groups (broad SMARTS) is 1. The van der Waals surface area contributed by atoms with Crippen molar-refractivity contribution >= 4 is 27.4 Å². The lowest BCUT2D eigenvalue weighted by molar-refractivity contribution is -0.139. The number of anilines is 1. The van der Waals surface area contributed by atoms with E-state index in [0.29, 0.717) is 22.6 Å². The average Bonchev–Trinajstić information content (AvgIpc) is 3.17. The molecule has 0 unspecified atom stereocenters. The van der Waals surface area contributed by atoms with Crippen molar-refractivity contribution in [3.05, 3.63) is 41.5 Å². The van der Waals surface area contributed by atoms with Gasteiger partial charge in [-0.25, -0.2) is 8.42 Å². The summed E-state index contributed by atoms with van der Waals surface area (Å²) in [6.45, 7) is 3.51. The lowest BCUT2D eigenvalue weighted by atomic mass is 10.1. The molecule has 8 nitrogen and oxygen atoms in total. The Morgan fingerprint density at radius 1 is 1.09 bits per heavy atom. The van der Waals surface area contributed by atoms with E-state index in [1.54, 1.807) is 26.0 Å². The number of phenols is 1. The normalized spacial score (nSPS) is 14.3. The van der Waals surface area contributed by atoms with Gasteiger partial charge in [-0.1, -0.05) is 12.8 Å². The van der Waals surface area contributed by atoms with Crippen LogP contribution in [-0.2, 0) is 19.4 Å². The number of aryl methyl sites for hydroxylation is 2. The summed E-state index contributed by atoms with van der Waals surface area (Å²) in [6, 6.07) is 7.41. The number of benzene rings is 2. The molecule has 0 aliphatic heterocycles. The number of amides is 1. The van der Waals surface area contributed by atoms with E-state index in [9.17, 15) is 23.1 Å². The molecule has 1 fully saturated rings. The molecule has 32 heavy (non-hydrogen) atoms. The zero-order chi connectivity index (χ0) is 23.5. The van der Waals surface area contributed by atoms with E-state index in [0.717, 1.165) is 25.7 Å². The Morgan fingerprint density at radius 2 is 1.72 bits per heavy atom. The summed E-state index contributed by atoms with van der Waals surface area (Å²) in [5.41, 5.74) is 1.77. The number of hydrogen-bond acceptors (Lipinski definition) is 6. The minimum absolute atomic E-state index is 0.00675. The van der Waals surface area contributed by atoms with Crippen LogP contribution in [0.15, 0.2) is 35.2 Å².